The van der Waals surface area contributed by atoms with Gasteiger partial charge in [-0.25, -0.2) is 4.98 Å². The summed E-state index contributed by atoms with van der Waals surface area (Å²) < 4.78 is 45.3. The lowest BCUT2D eigenvalue weighted by Gasteiger charge is -2.14. The molecule has 0 fully saturated rings. The van der Waals surface area contributed by atoms with E-state index >= 15 is 0 Å². The van der Waals surface area contributed by atoms with Gasteiger partial charge in [-0.3, -0.25) is 9.59 Å². The number of fused-ring (bicyclic) bond motifs is 4. The molecule has 1 aliphatic rings. The molecule has 4 rings (SSSR count). The second-order valence-corrected chi connectivity index (χ2v) is 6.98. The number of halogens is 3. The molecule has 0 saturated heterocycles. The highest BCUT2D eigenvalue weighted by Crippen LogP contribution is 2.36. The highest BCUT2D eigenvalue weighted by molar-refractivity contribution is 5.85. The van der Waals surface area contributed by atoms with Crippen LogP contribution in [0.4, 0.5) is 13.2 Å². The molecule has 2 aromatic heterocycles. The number of pyridine rings is 2. The predicted octanol–water partition coefficient (Wildman–Crippen LogP) is 4.11. The first-order valence-corrected chi connectivity index (χ1v) is 9.06. The van der Waals surface area contributed by atoms with Crippen LogP contribution in [-0.4, -0.2) is 22.6 Å². The third kappa shape index (κ3) is 3.18. The number of aromatic nitrogens is 2. The van der Waals surface area contributed by atoms with E-state index in [0.29, 0.717) is 39.8 Å². The summed E-state index contributed by atoms with van der Waals surface area (Å²) in [4.78, 5) is 29.2. The van der Waals surface area contributed by atoms with E-state index in [4.69, 9.17) is 4.74 Å². The van der Waals surface area contributed by atoms with Gasteiger partial charge in [-0.15, -0.1) is 0 Å². The zero-order valence-electron chi connectivity index (χ0n) is 15.7. The molecule has 3 aromatic rings. The molecule has 0 aliphatic carbocycles. The van der Waals surface area contributed by atoms with Gasteiger partial charge in [-0.05, 0) is 42.3 Å². The van der Waals surface area contributed by atoms with E-state index in [2.05, 4.69) is 4.98 Å². The third-order valence-electron chi connectivity index (χ3n) is 5.24. The number of esters is 1. The van der Waals surface area contributed by atoms with Crippen LogP contribution in [0.1, 0.15) is 36.0 Å². The minimum Gasteiger partial charge on any atom is -0.469 e. The fourth-order valence-electron chi connectivity index (χ4n) is 3.77. The second-order valence-electron chi connectivity index (χ2n) is 6.98. The third-order valence-corrected chi connectivity index (χ3v) is 5.24. The van der Waals surface area contributed by atoms with Gasteiger partial charge in [0.15, 0.2) is 0 Å². The van der Waals surface area contributed by atoms with Gasteiger partial charge >= 0.3 is 12.1 Å². The SMILES string of the molecule is CCC(C(=O)OC)c1cc2n(c(=O)c1)Cc1cc3cc(C(F)(F)F)ccc3nc1-2. The topological polar surface area (TPSA) is 61.2 Å². The van der Waals surface area contributed by atoms with Crippen LogP contribution < -0.4 is 5.56 Å². The Morgan fingerprint density at radius 2 is 2.00 bits per heavy atom. The number of carbonyl (C=O) groups is 1. The predicted molar refractivity (Wildman–Crippen MR) is 101 cm³/mol. The standard InChI is InChI=1S/C21H17F3N2O3/c1-3-15(20(28)29-2)11-8-17-19-13(10-26(17)18(27)9-11)6-12-7-14(21(22,23)24)4-5-16(12)25-19/h4-9,15H,3,10H2,1-2H3. The van der Waals surface area contributed by atoms with Gasteiger partial charge < -0.3 is 9.30 Å². The van der Waals surface area contributed by atoms with Crippen LogP contribution in [0, 0.1) is 0 Å². The number of ether oxygens (including phenoxy) is 1. The molecule has 1 atom stereocenters. The smallest absolute Gasteiger partial charge is 0.416 e. The summed E-state index contributed by atoms with van der Waals surface area (Å²) in [7, 11) is 1.30. The van der Waals surface area contributed by atoms with Crippen LogP contribution in [0.5, 0.6) is 0 Å². The van der Waals surface area contributed by atoms with Crippen molar-refractivity contribution in [2.75, 3.05) is 7.11 Å². The van der Waals surface area contributed by atoms with Gasteiger partial charge in [0.1, 0.15) is 0 Å². The summed E-state index contributed by atoms with van der Waals surface area (Å²) in [6.45, 7) is 2.04. The largest absolute Gasteiger partial charge is 0.469 e. The molecule has 8 heteroatoms. The highest BCUT2D eigenvalue weighted by atomic mass is 19.4. The fraction of sp³-hybridized carbons (Fsp3) is 0.286. The highest BCUT2D eigenvalue weighted by Gasteiger charge is 2.31. The molecule has 0 amide bonds. The molecule has 1 aliphatic heterocycles. The van der Waals surface area contributed by atoms with E-state index in [1.807, 2.05) is 6.92 Å². The van der Waals surface area contributed by atoms with Crippen LogP contribution in [0.25, 0.3) is 22.3 Å². The Balaban J connectivity index is 1.86. The first kappa shape index (κ1) is 19.2. The van der Waals surface area contributed by atoms with Crippen molar-refractivity contribution in [3.63, 3.8) is 0 Å². The fourth-order valence-corrected chi connectivity index (χ4v) is 3.77. The van der Waals surface area contributed by atoms with E-state index in [-0.39, 0.29) is 12.1 Å². The molecule has 0 N–H and O–H groups in total. The molecule has 0 spiro atoms. The van der Waals surface area contributed by atoms with Gasteiger partial charge in [-0.1, -0.05) is 6.92 Å². The Bertz CT molecular complexity index is 1200. The van der Waals surface area contributed by atoms with Crippen molar-refractivity contribution >= 4 is 16.9 Å². The summed E-state index contributed by atoms with van der Waals surface area (Å²) in [5.41, 5.74) is 1.66. The van der Waals surface area contributed by atoms with Crippen LogP contribution in [-0.2, 0) is 22.3 Å². The van der Waals surface area contributed by atoms with Gasteiger partial charge in [0, 0.05) is 17.0 Å². The van der Waals surface area contributed by atoms with Gasteiger partial charge in [0.25, 0.3) is 5.56 Å². The molecule has 3 heterocycles. The number of nitrogens with zero attached hydrogens (tertiary/aromatic N) is 2. The Morgan fingerprint density at radius 1 is 1.24 bits per heavy atom. The number of alkyl halides is 3. The van der Waals surface area contributed by atoms with E-state index in [1.54, 1.807) is 12.1 Å². The number of hydrogen-bond acceptors (Lipinski definition) is 4. The lowest BCUT2D eigenvalue weighted by Crippen LogP contribution is -2.22. The molecule has 150 valence electrons. The second kappa shape index (κ2) is 6.72. The van der Waals surface area contributed by atoms with Gasteiger partial charge in [0.05, 0.1) is 42.0 Å². The van der Waals surface area contributed by atoms with Crippen molar-refractivity contribution < 1.29 is 22.7 Å². The first-order chi connectivity index (χ1) is 13.7. The van der Waals surface area contributed by atoms with Crippen molar-refractivity contribution in [3.05, 3.63) is 63.4 Å². The summed E-state index contributed by atoms with van der Waals surface area (Å²) >= 11 is 0. The molecule has 29 heavy (non-hydrogen) atoms. The maximum atomic E-state index is 13.0. The van der Waals surface area contributed by atoms with E-state index in [1.165, 1.54) is 23.8 Å². The maximum absolute atomic E-state index is 13.0. The quantitative estimate of drug-likeness (QED) is 0.484. The average Bonchev–Trinajstić information content (AvgIpc) is 3.03. The van der Waals surface area contributed by atoms with Crippen molar-refractivity contribution in [3.8, 4) is 11.4 Å². The molecule has 0 radical (unpaired) electrons. The molecule has 0 bridgehead atoms. The number of benzene rings is 1. The molecular formula is C21H17F3N2O3. The van der Waals surface area contributed by atoms with Crippen molar-refractivity contribution in [1.82, 2.24) is 9.55 Å². The van der Waals surface area contributed by atoms with E-state index in [9.17, 15) is 22.8 Å². The molecule has 0 saturated carbocycles. The van der Waals surface area contributed by atoms with E-state index in [0.717, 1.165) is 12.1 Å². The lowest BCUT2D eigenvalue weighted by molar-refractivity contribution is -0.142. The zero-order chi connectivity index (χ0) is 20.9. The Labute approximate surface area is 163 Å². The Kier molecular flexibility index (Phi) is 4.44. The molecule has 1 aromatic carbocycles. The summed E-state index contributed by atoms with van der Waals surface area (Å²) in [6.07, 6.45) is -3.97. The van der Waals surface area contributed by atoms with Crippen molar-refractivity contribution in [1.29, 1.82) is 0 Å². The first-order valence-electron chi connectivity index (χ1n) is 9.06. The summed E-state index contributed by atoms with van der Waals surface area (Å²) in [5.74, 6) is -1.00. The number of methoxy groups -OCH3 is 1. The van der Waals surface area contributed by atoms with Crippen molar-refractivity contribution in [2.24, 2.45) is 0 Å². The Hall–Kier alpha value is -3.16. The molecular weight excluding hydrogens is 385 g/mol. The minimum absolute atomic E-state index is 0.220. The summed E-state index contributed by atoms with van der Waals surface area (Å²) in [6, 6.07) is 8.15. The van der Waals surface area contributed by atoms with Crippen LogP contribution in [0.15, 0.2) is 41.2 Å². The van der Waals surface area contributed by atoms with Gasteiger partial charge in [-0.2, -0.15) is 13.2 Å². The number of carbonyl (C=O) groups excluding carboxylic acids is 1. The van der Waals surface area contributed by atoms with Crippen molar-refractivity contribution in [2.45, 2.75) is 32.0 Å². The van der Waals surface area contributed by atoms with Crippen LogP contribution in [0.3, 0.4) is 0 Å². The lowest BCUT2D eigenvalue weighted by atomic mass is 9.96. The van der Waals surface area contributed by atoms with Crippen LogP contribution in [0.2, 0.25) is 0 Å². The number of hydrogen-bond donors (Lipinski definition) is 0. The average molecular weight is 402 g/mol. The molecule has 1 unspecified atom stereocenters. The normalized spacial score (nSPS) is 13.8. The Morgan fingerprint density at radius 3 is 2.66 bits per heavy atom. The van der Waals surface area contributed by atoms with E-state index < -0.39 is 23.6 Å². The zero-order valence-corrected chi connectivity index (χ0v) is 15.7. The monoisotopic (exact) mass is 402 g/mol. The summed E-state index contributed by atoms with van der Waals surface area (Å²) in [5, 5.41) is 0.362. The molecule has 5 nitrogen and oxygen atoms in total. The minimum atomic E-state index is -4.44. The van der Waals surface area contributed by atoms with Gasteiger partial charge in [0.2, 0.25) is 0 Å². The van der Waals surface area contributed by atoms with Crippen LogP contribution >= 0.6 is 0 Å². The maximum Gasteiger partial charge on any atom is 0.416 e. The number of rotatable bonds is 3.